The number of hydrogen-bond donors (Lipinski definition) is 2. The Kier molecular flexibility index (Phi) is 5.85. The number of carbonyl (C=O) groups is 1. The number of nitrogens with zero attached hydrogens (tertiary/aromatic N) is 1. The van der Waals surface area contributed by atoms with Crippen LogP contribution in [0.4, 0.5) is 0 Å². The summed E-state index contributed by atoms with van der Waals surface area (Å²) in [6, 6.07) is 1.44. The lowest BCUT2D eigenvalue weighted by Crippen LogP contribution is -2.61. The Morgan fingerprint density at radius 2 is 2.00 bits per heavy atom. The third-order valence-corrected chi connectivity index (χ3v) is 5.08. The summed E-state index contributed by atoms with van der Waals surface area (Å²) >= 11 is 0. The molecule has 0 spiro atoms. The zero-order valence-corrected chi connectivity index (χ0v) is 13.3. The third kappa shape index (κ3) is 3.73. The van der Waals surface area contributed by atoms with E-state index < -0.39 is 0 Å². The molecule has 0 radical (unpaired) electrons. The number of nitrogens with one attached hydrogen (secondary N) is 2. The van der Waals surface area contributed by atoms with Gasteiger partial charge in [0.1, 0.15) is 0 Å². The maximum absolute atomic E-state index is 12.5. The molecule has 0 aromatic heterocycles. The molecule has 116 valence electrons. The standard InChI is InChI=1S/C16H31N3O/c1-4-13-11-19(15(5-2)10-17-13)12(3)16(20)18-14-8-6-7-9-14/h12-15,17H,4-11H2,1-3H3,(H,18,20). The van der Waals surface area contributed by atoms with Gasteiger partial charge in [-0.05, 0) is 32.6 Å². The molecule has 3 atom stereocenters. The Labute approximate surface area is 123 Å². The Morgan fingerprint density at radius 1 is 1.30 bits per heavy atom. The summed E-state index contributed by atoms with van der Waals surface area (Å²) in [5.74, 6) is 0.229. The second-order valence-electron chi connectivity index (χ2n) is 6.44. The first-order valence-corrected chi connectivity index (χ1v) is 8.45. The van der Waals surface area contributed by atoms with Crippen molar-refractivity contribution >= 4 is 5.91 Å². The summed E-state index contributed by atoms with van der Waals surface area (Å²) < 4.78 is 0. The van der Waals surface area contributed by atoms with Crippen LogP contribution in [0.2, 0.25) is 0 Å². The summed E-state index contributed by atoms with van der Waals surface area (Å²) in [4.78, 5) is 14.9. The minimum Gasteiger partial charge on any atom is -0.352 e. The van der Waals surface area contributed by atoms with Gasteiger partial charge in [0.25, 0.3) is 0 Å². The van der Waals surface area contributed by atoms with Crippen LogP contribution in [-0.4, -0.2) is 48.1 Å². The number of rotatable bonds is 5. The van der Waals surface area contributed by atoms with Crippen molar-refractivity contribution in [2.75, 3.05) is 13.1 Å². The number of piperazine rings is 1. The van der Waals surface area contributed by atoms with Gasteiger partial charge in [-0.2, -0.15) is 0 Å². The number of carbonyl (C=O) groups excluding carboxylic acids is 1. The lowest BCUT2D eigenvalue weighted by molar-refractivity contribution is -0.128. The maximum Gasteiger partial charge on any atom is 0.237 e. The number of hydrogen-bond acceptors (Lipinski definition) is 3. The zero-order chi connectivity index (χ0) is 14.5. The molecule has 4 nitrogen and oxygen atoms in total. The molecule has 1 amide bonds. The van der Waals surface area contributed by atoms with Gasteiger partial charge in [0.05, 0.1) is 6.04 Å². The van der Waals surface area contributed by atoms with Gasteiger partial charge in [-0.25, -0.2) is 0 Å². The molecule has 0 bridgehead atoms. The predicted octanol–water partition coefficient (Wildman–Crippen LogP) is 1.90. The molecule has 20 heavy (non-hydrogen) atoms. The van der Waals surface area contributed by atoms with E-state index in [9.17, 15) is 4.79 Å². The third-order valence-electron chi connectivity index (χ3n) is 5.08. The molecule has 2 fully saturated rings. The fraction of sp³-hybridized carbons (Fsp3) is 0.938. The summed E-state index contributed by atoms with van der Waals surface area (Å²) in [6.45, 7) is 8.51. The van der Waals surface area contributed by atoms with Gasteiger partial charge < -0.3 is 10.6 Å². The predicted molar refractivity (Wildman–Crippen MR) is 82.7 cm³/mol. The summed E-state index contributed by atoms with van der Waals surface area (Å²) in [7, 11) is 0. The van der Waals surface area contributed by atoms with E-state index in [1.54, 1.807) is 0 Å². The highest BCUT2D eigenvalue weighted by molar-refractivity contribution is 5.81. The van der Waals surface area contributed by atoms with Gasteiger partial charge in [0, 0.05) is 31.2 Å². The Balaban J connectivity index is 1.92. The Hall–Kier alpha value is -0.610. The molecule has 2 N–H and O–H groups in total. The van der Waals surface area contributed by atoms with Crippen LogP contribution in [0, 0.1) is 0 Å². The number of amides is 1. The van der Waals surface area contributed by atoms with Gasteiger partial charge in [0.2, 0.25) is 5.91 Å². The minimum absolute atomic E-state index is 0.00306. The summed E-state index contributed by atoms with van der Waals surface area (Å²) in [5, 5.41) is 6.85. The van der Waals surface area contributed by atoms with E-state index in [-0.39, 0.29) is 11.9 Å². The van der Waals surface area contributed by atoms with Gasteiger partial charge in [-0.3, -0.25) is 9.69 Å². The first-order valence-electron chi connectivity index (χ1n) is 8.45. The van der Waals surface area contributed by atoms with Crippen LogP contribution >= 0.6 is 0 Å². The van der Waals surface area contributed by atoms with Crippen molar-refractivity contribution in [1.29, 1.82) is 0 Å². The lowest BCUT2D eigenvalue weighted by atomic mass is 10.0. The van der Waals surface area contributed by atoms with Gasteiger partial charge in [0.15, 0.2) is 0 Å². The molecule has 0 aromatic carbocycles. The minimum atomic E-state index is -0.00306. The first-order chi connectivity index (χ1) is 9.65. The van der Waals surface area contributed by atoms with E-state index >= 15 is 0 Å². The molecule has 1 aliphatic heterocycles. The molecule has 2 rings (SSSR count). The van der Waals surface area contributed by atoms with E-state index in [4.69, 9.17) is 0 Å². The van der Waals surface area contributed by atoms with Gasteiger partial charge >= 0.3 is 0 Å². The molecule has 2 aliphatic rings. The van der Waals surface area contributed by atoms with Crippen molar-refractivity contribution in [3.8, 4) is 0 Å². The van der Waals surface area contributed by atoms with Gasteiger partial charge in [-0.1, -0.05) is 26.7 Å². The fourth-order valence-electron chi connectivity index (χ4n) is 3.56. The van der Waals surface area contributed by atoms with Crippen molar-refractivity contribution in [2.24, 2.45) is 0 Å². The van der Waals surface area contributed by atoms with E-state index in [2.05, 4.69) is 36.3 Å². The van der Waals surface area contributed by atoms with E-state index in [1.165, 1.54) is 12.8 Å². The van der Waals surface area contributed by atoms with Crippen LogP contribution in [0.25, 0.3) is 0 Å². The average molecular weight is 281 g/mol. The van der Waals surface area contributed by atoms with E-state index in [0.29, 0.717) is 18.1 Å². The van der Waals surface area contributed by atoms with E-state index in [0.717, 1.165) is 38.8 Å². The van der Waals surface area contributed by atoms with Gasteiger partial charge in [-0.15, -0.1) is 0 Å². The lowest BCUT2D eigenvalue weighted by Gasteiger charge is -2.43. The molecule has 3 unspecified atom stereocenters. The van der Waals surface area contributed by atoms with Crippen molar-refractivity contribution in [3.63, 3.8) is 0 Å². The molecular weight excluding hydrogens is 250 g/mol. The van der Waals surface area contributed by atoms with Crippen LogP contribution in [0.3, 0.4) is 0 Å². The van der Waals surface area contributed by atoms with Crippen LogP contribution in [0.1, 0.15) is 59.3 Å². The summed E-state index contributed by atoms with van der Waals surface area (Å²) in [5.41, 5.74) is 0. The van der Waals surface area contributed by atoms with Crippen LogP contribution in [-0.2, 0) is 4.79 Å². The fourth-order valence-corrected chi connectivity index (χ4v) is 3.56. The molecule has 1 saturated carbocycles. The summed E-state index contributed by atoms with van der Waals surface area (Å²) in [6.07, 6.45) is 7.09. The highest BCUT2D eigenvalue weighted by Gasteiger charge is 2.33. The van der Waals surface area contributed by atoms with Crippen LogP contribution in [0.5, 0.6) is 0 Å². The topological polar surface area (TPSA) is 44.4 Å². The monoisotopic (exact) mass is 281 g/mol. The van der Waals surface area contributed by atoms with E-state index in [1.807, 2.05) is 0 Å². The molecule has 1 aliphatic carbocycles. The van der Waals surface area contributed by atoms with Crippen molar-refractivity contribution in [2.45, 2.75) is 83.5 Å². The molecule has 4 heteroatoms. The van der Waals surface area contributed by atoms with Crippen molar-refractivity contribution in [3.05, 3.63) is 0 Å². The second kappa shape index (κ2) is 7.41. The molecular formula is C16H31N3O. The highest BCUT2D eigenvalue weighted by Crippen LogP contribution is 2.19. The Bertz CT molecular complexity index is 315. The quantitative estimate of drug-likeness (QED) is 0.809. The normalized spacial score (nSPS) is 30.4. The molecule has 1 heterocycles. The second-order valence-corrected chi connectivity index (χ2v) is 6.44. The zero-order valence-electron chi connectivity index (χ0n) is 13.3. The van der Waals surface area contributed by atoms with Crippen molar-refractivity contribution in [1.82, 2.24) is 15.5 Å². The van der Waals surface area contributed by atoms with Crippen LogP contribution < -0.4 is 10.6 Å². The average Bonchev–Trinajstić information content (AvgIpc) is 2.98. The Morgan fingerprint density at radius 3 is 2.60 bits per heavy atom. The van der Waals surface area contributed by atoms with Crippen molar-refractivity contribution < 1.29 is 4.79 Å². The largest absolute Gasteiger partial charge is 0.352 e. The first kappa shape index (κ1) is 15.8. The van der Waals surface area contributed by atoms with Crippen LogP contribution in [0.15, 0.2) is 0 Å². The smallest absolute Gasteiger partial charge is 0.237 e. The maximum atomic E-state index is 12.5. The highest BCUT2D eigenvalue weighted by atomic mass is 16.2. The molecule has 0 aromatic rings. The molecule has 1 saturated heterocycles. The SMILES string of the molecule is CCC1CN(C(C)C(=O)NC2CCCC2)C(CC)CN1.